The molecule has 0 aromatic heterocycles. The SMILES string of the molecule is CCOc1ccc(C(CC(=O)N2CCCC(C)C2)c2c(O)cc(OC)cc2OC)cc1. The minimum Gasteiger partial charge on any atom is -0.507 e. The molecule has 0 bridgehead atoms. The first-order valence-corrected chi connectivity index (χ1v) is 10.9. The Labute approximate surface area is 184 Å². The van der Waals surface area contributed by atoms with Gasteiger partial charge in [0.05, 0.1) is 20.8 Å². The molecule has 0 radical (unpaired) electrons. The molecule has 2 aromatic rings. The fourth-order valence-corrected chi connectivity index (χ4v) is 4.29. The quantitative estimate of drug-likeness (QED) is 0.667. The lowest BCUT2D eigenvalue weighted by Crippen LogP contribution is -2.39. The summed E-state index contributed by atoms with van der Waals surface area (Å²) < 4.78 is 16.4. The highest BCUT2D eigenvalue weighted by atomic mass is 16.5. The summed E-state index contributed by atoms with van der Waals surface area (Å²) in [7, 11) is 3.10. The van der Waals surface area contributed by atoms with E-state index in [1.165, 1.54) is 0 Å². The zero-order chi connectivity index (χ0) is 22.4. The first-order valence-electron chi connectivity index (χ1n) is 10.9. The molecule has 3 rings (SSSR count). The lowest BCUT2D eigenvalue weighted by molar-refractivity contribution is -0.133. The number of phenols is 1. The molecule has 1 N–H and O–H groups in total. The molecule has 1 aliphatic heterocycles. The van der Waals surface area contributed by atoms with Crippen molar-refractivity contribution in [1.82, 2.24) is 4.90 Å². The van der Waals surface area contributed by atoms with Crippen LogP contribution in [0.25, 0.3) is 0 Å². The number of carbonyl (C=O) groups excluding carboxylic acids is 1. The van der Waals surface area contributed by atoms with Crippen LogP contribution < -0.4 is 14.2 Å². The van der Waals surface area contributed by atoms with Crippen molar-refractivity contribution in [3.63, 3.8) is 0 Å². The third-order valence-corrected chi connectivity index (χ3v) is 5.88. The Morgan fingerprint density at radius 2 is 1.90 bits per heavy atom. The van der Waals surface area contributed by atoms with E-state index in [1.54, 1.807) is 26.4 Å². The molecule has 31 heavy (non-hydrogen) atoms. The van der Waals surface area contributed by atoms with Gasteiger partial charge >= 0.3 is 0 Å². The molecule has 6 nitrogen and oxygen atoms in total. The van der Waals surface area contributed by atoms with Gasteiger partial charge in [0.15, 0.2) is 0 Å². The van der Waals surface area contributed by atoms with Gasteiger partial charge in [-0.25, -0.2) is 0 Å². The van der Waals surface area contributed by atoms with Crippen LogP contribution in [0.2, 0.25) is 0 Å². The van der Waals surface area contributed by atoms with Crippen LogP contribution in [0.3, 0.4) is 0 Å². The Kier molecular flexibility index (Phi) is 7.66. The summed E-state index contributed by atoms with van der Waals surface area (Å²) in [6, 6.07) is 11.0. The largest absolute Gasteiger partial charge is 0.507 e. The number of benzene rings is 2. The Hall–Kier alpha value is -2.89. The number of hydrogen-bond donors (Lipinski definition) is 1. The lowest BCUT2D eigenvalue weighted by Gasteiger charge is -2.32. The highest BCUT2D eigenvalue weighted by Gasteiger charge is 2.29. The zero-order valence-corrected chi connectivity index (χ0v) is 18.9. The van der Waals surface area contributed by atoms with Crippen LogP contribution in [0.5, 0.6) is 23.0 Å². The summed E-state index contributed by atoms with van der Waals surface area (Å²) in [5.41, 5.74) is 1.51. The fraction of sp³-hybridized carbons (Fsp3) is 0.480. The predicted molar refractivity (Wildman–Crippen MR) is 120 cm³/mol. The van der Waals surface area contributed by atoms with Crippen molar-refractivity contribution in [3.05, 3.63) is 47.5 Å². The van der Waals surface area contributed by atoms with Crippen molar-refractivity contribution in [2.24, 2.45) is 5.92 Å². The number of hydrogen-bond acceptors (Lipinski definition) is 5. The molecule has 0 aliphatic carbocycles. The van der Waals surface area contributed by atoms with Gasteiger partial charge in [-0.3, -0.25) is 4.79 Å². The second kappa shape index (κ2) is 10.4. The van der Waals surface area contributed by atoms with Crippen LogP contribution in [0.1, 0.15) is 50.2 Å². The average Bonchev–Trinajstić information content (AvgIpc) is 2.78. The Morgan fingerprint density at radius 3 is 2.52 bits per heavy atom. The van der Waals surface area contributed by atoms with Gasteiger partial charge in [-0.2, -0.15) is 0 Å². The molecular weight excluding hydrogens is 394 g/mol. The van der Waals surface area contributed by atoms with Crippen LogP contribution in [-0.4, -0.2) is 49.8 Å². The minimum absolute atomic E-state index is 0.0508. The predicted octanol–water partition coefficient (Wildman–Crippen LogP) is 4.59. The maximum absolute atomic E-state index is 13.3. The average molecular weight is 428 g/mol. The maximum atomic E-state index is 13.3. The second-order valence-electron chi connectivity index (χ2n) is 8.11. The second-order valence-corrected chi connectivity index (χ2v) is 8.11. The number of likely N-dealkylation sites (tertiary alicyclic amines) is 1. The van der Waals surface area contributed by atoms with Gasteiger partial charge < -0.3 is 24.2 Å². The maximum Gasteiger partial charge on any atom is 0.223 e. The summed E-state index contributed by atoms with van der Waals surface area (Å²) in [5, 5.41) is 10.9. The molecule has 1 aliphatic rings. The summed E-state index contributed by atoms with van der Waals surface area (Å²) in [4.78, 5) is 15.2. The van der Waals surface area contributed by atoms with Gasteiger partial charge in [-0.05, 0) is 43.4 Å². The van der Waals surface area contributed by atoms with E-state index >= 15 is 0 Å². The van der Waals surface area contributed by atoms with Crippen molar-refractivity contribution >= 4 is 5.91 Å². The normalized spacial score (nSPS) is 17.2. The summed E-state index contributed by atoms with van der Waals surface area (Å²) in [5.74, 6) is 2.05. The van der Waals surface area contributed by atoms with E-state index in [0.717, 1.165) is 37.2 Å². The van der Waals surface area contributed by atoms with E-state index in [1.807, 2.05) is 36.1 Å². The molecule has 1 amide bonds. The van der Waals surface area contributed by atoms with Crippen LogP contribution in [0.4, 0.5) is 0 Å². The molecule has 1 fully saturated rings. The van der Waals surface area contributed by atoms with E-state index in [0.29, 0.717) is 29.6 Å². The van der Waals surface area contributed by atoms with E-state index in [9.17, 15) is 9.90 Å². The molecule has 1 heterocycles. The smallest absolute Gasteiger partial charge is 0.223 e. The first-order chi connectivity index (χ1) is 15.0. The van der Waals surface area contributed by atoms with Crippen LogP contribution >= 0.6 is 0 Å². The summed E-state index contributed by atoms with van der Waals surface area (Å²) in [6.07, 6.45) is 2.42. The van der Waals surface area contributed by atoms with Crippen LogP contribution in [0, 0.1) is 5.92 Å². The minimum atomic E-state index is -0.360. The monoisotopic (exact) mass is 427 g/mol. The molecule has 0 saturated carbocycles. The molecule has 6 heteroatoms. The fourth-order valence-electron chi connectivity index (χ4n) is 4.29. The van der Waals surface area contributed by atoms with Crippen molar-refractivity contribution in [3.8, 4) is 23.0 Å². The number of rotatable bonds is 8. The number of aromatic hydroxyl groups is 1. The Morgan fingerprint density at radius 1 is 1.16 bits per heavy atom. The number of nitrogens with zero attached hydrogens (tertiary/aromatic N) is 1. The van der Waals surface area contributed by atoms with Crippen LogP contribution in [0.15, 0.2) is 36.4 Å². The third kappa shape index (κ3) is 5.43. The zero-order valence-electron chi connectivity index (χ0n) is 18.9. The van der Waals surface area contributed by atoms with E-state index < -0.39 is 0 Å². The third-order valence-electron chi connectivity index (χ3n) is 5.88. The Bertz CT molecular complexity index is 880. The molecule has 2 atom stereocenters. The number of piperidine rings is 1. The summed E-state index contributed by atoms with van der Waals surface area (Å²) >= 11 is 0. The van der Waals surface area contributed by atoms with Crippen molar-refractivity contribution in [1.29, 1.82) is 0 Å². The molecular formula is C25H33NO5. The van der Waals surface area contributed by atoms with Crippen molar-refractivity contribution < 1.29 is 24.1 Å². The first kappa shape index (κ1) is 22.8. The standard InChI is InChI=1S/C25H33NO5/c1-5-31-19-10-8-18(9-11-19)21(15-24(28)26-12-6-7-17(2)16-26)25-22(27)13-20(29-3)14-23(25)30-4/h8-11,13-14,17,21,27H,5-7,12,15-16H2,1-4H3. The number of methoxy groups -OCH3 is 2. The van der Waals surface area contributed by atoms with Crippen molar-refractivity contribution in [2.75, 3.05) is 33.9 Å². The molecule has 1 saturated heterocycles. The molecule has 168 valence electrons. The highest BCUT2D eigenvalue weighted by Crippen LogP contribution is 2.43. The van der Waals surface area contributed by atoms with Gasteiger partial charge in [0, 0.05) is 43.1 Å². The molecule has 0 spiro atoms. The lowest BCUT2D eigenvalue weighted by atomic mass is 9.86. The topological polar surface area (TPSA) is 68.2 Å². The van der Waals surface area contributed by atoms with Gasteiger partial charge in [-0.1, -0.05) is 19.1 Å². The summed E-state index contributed by atoms with van der Waals surface area (Å²) in [6.45, 7) is 6.27. The number of carbonyl (C=O) groups is 1. The number of phenolic OH excluding ortho intramolecular Hbond substituents is 1. The number of amides is 1. The van der Waals surface area contributed by atoms with Gasteiger partial charge in [0.2, 0.25) is 5.91 Å². The van der Waals surface area contributed by atoms with E-state index in [4.69, 9.17) is 14.2 Å². The van der Waals surface area contributed by atoms with Gasteiger partial charge in [0.25, 0.3) is 0 Å². The van der Waals surface area contributed by atoms with Gasteiger partial charge in [0.1, 0.15) is 23.0 Å². The number of ether oxygens (including phenoxy) is 3. The van der Waals surface area contributed by atoms with E-state index in [2.05, 4.69) is 6.92 Å². The molecule has 2 aromatic carbocycles. The van der Waals surface area contributed by atoms with E-state index in [-0.39, 0.29) is 24.0 Å². The van der Waals surface area contributed by atoms with Gasteiger partial charge in [-0.15, -0.1) is 0 Å². The van der Waals surface area contributed by atoms with Crippen LogP contribution in [-0.2, 0) is 4.79 Å². The highest BCUT2D eigenvalue weighted by molar-refractivity contribution is 5.78. The molecule has 2 unspecified atom stereocenters. The Balaban J connectivity index is 1.99. The van der Waals surface area contributed by atoms with Crippen molar-refractivity contribution in [2.45, 2.75) is 39.0 Å².